The van der Waals surface area contributed by atoms with Gasteiger partial charge in [0.15, 0.2) is 0 Å². The predicted molar refractivity (Wildman–Crippen MR) is 98.0 cm³/mol. The van der Waals surface area contributed by atoms with Gasteiger partial charge in [-0.3, -0.25) is 4.79 Å². The third kappa shape index (κ3) is 5.29. The summed E-state index contributed by atoms with van der Waals surface area (Å²) in [5.74, 6) is 0.305. The molecule has 3 N–H and O–H groups in total. The van der Waals surface area contributed by atoms with Gasteiger partial charge in [0.25, 0.3) is 0 Å². The molecule has 0 radical (unpaired) electrons. The second-order valence-corrected chi connectivity index (χ2v) is 6.30. The van der Waals surface area contributed by atoms with Crippen molar-refractivity contribution in [3.63, 3.8) is 0 Å². The van der Waals surface area contributed by atoms with E-state index in [4.69, 9.17) is 10.5 Å². The van der Waals surface area contributed by atoms with Crippen LogP contribution in [0.5, 0.6) is 5.75 Å². The average Bonchev–Trinajstić information content (AvgIpc) is 2.60. The Morgan fingerprint density at radius 1 is 1.28 bits per heavy atom. The number of hydrogen-bond donors (Lipinski definition) is 2. The summed E-state index contributed by atoms with van der Waals surface area (Å²) in [6, 6.07) is 11.2. The molecule has 2 aromatic rings. The molecule has 0 spiro atoms. The molecule has 2 atom stereocenters. The molecular formula is C20H25FN2O2. The van der Waals surface area contributed by atoms with Crippen LogP contribution in [0.1, 0.15) is 31.4 Å². The molecule has 5 heteroatoms. The van der Waals surface area contributed by atoms with Crippen molar-refractivity contribution in [2.45, 2.75) is 39.8 Å². The minimum Gasteiger partial charge on any atom is -0.489 e. The minimum atomic E-state index is -0.534. The van der Waals surface area contributed by atoms with Gasteiger partial charge < -0.3 is 15.8 Å². The standard InChI is InChI=1S/C20H25FN2O2/c1-4-13(2)19(22)20(24)23-18-9-8-17(10-14(18)3)25-12-15-6-5-7-16(21)11-15/h5-11,13,19H,4,12,22H2,1-3H3,(H,23,24). The van der Waals surface area contributed by atoms with Gasteiger partial charge in [0.1, 0.15) is 18.2 Å². The Kier molecular flexibility index (Phi) is 6.53. The van der Waals surface area contributed by atoms with E-state index in [9.17, 15) is 9.18 Å². The molecule has 0 aliphatic carbocycles. The monoisotopic (exact) mass is 344 g/mol. The van der Waals surface area contributed by atoms with Crippen LogP contribution >= 0.6 is 0 Å². The van der Waals surface area contributed by atoms with E-state index in [1.165, 1.54) is 12.1 Å². The molecule has 1 amide bonds. The maximum absolute atomic E-state index is 13.2. The number of amides is 1. The van der Waals surface area contributed by atoms with Gasteiger partial charge in [-0.15, -0.1) is 0 Å². The van der Waals surface area contributed by atoms with Gasteiger partial charge in [0.2, 0.25) is 5.91 Å². The third-order valence-corrected chi connectivity index (χ3v) is 4.31. The summed E-state index contributed by atoms with van der Waals surface area (Å²) in [4.78, 5) is 12.2. The van der Waals surface area contributed by atoms with E-state index in [0.717, 1.165) is 17.5 Å². The molecule has 2 rings (SSSR count). The van der Waals surface area contributed by atoms with Gasteiger partial charge in [0.05, 0.1) is 6.04 Å². The van der Waals surface area contributed by atoms with Crippen molar-refractivity contribution in [3.05, 3.63) is 59.4 Å². The van der Waals surface area contributed by atoms with Crippen molar-refractivity contribution in [1.29, 1.82) is 0 Å². The highest BCUT2D eigenvalue weighted by molar-refractivity contribution is 5.95. The molecule has 2 aromatic carbocycles. The Hall–Kier alpha value is -2.40. The highest BCUT2D eigenvalue weighted by Crippen LogP contribution is 2.23. The number of benzene rings is 2. The van der Waals surface area contributed by atoms with Crippen LogP contribution in [0.25, 0.3) is 0 Å². The fourth-order valence-corrected chi connectivity index (χ4v) is 2.39. The van der Waals surface area contributed by atoms with Crippen LogP contribution in [-0.4, -0.2) is 11.9 Å². The zero-order valence-electron chi connectivity index (χ0n) is 14.9. The van der Waals surface area contributed by atoms with E-state index in [1.807, 2.05) is 26.8 Å². The fourth-order valence-electron chi connectivity index (χ4n) is 2.39. The number of rotatable bonds is 7. The molecule has 0 aromatic heterocycles. The Balaban J connectivity index is 1.99. The van der Waals surface area contributed by atoms with Crippen molar-refractivity contribution in [2.75, 3.05) is 5.32 Å². The lowest BCUT2D eigenvalue weighted by molar-refractivity contribution is -0.118. The van der Waals surface area contributed by atoms with Gasteiger partial charge in [0, 0.05) is 5.69 Å². The number of nitrogens with one attached hydrogen (secondary N) is 1. The van der Waals surface area contributed by atoms with Crippen LogP contribution < -0.4 is 15.8 Å². The second-order valence-electron chi connectivity index (χ2n) is 6.30. The van der Waals surface area contributed by atoms with Crippen molar-refractivity contribution in [3.8, 4) is 5.75 Å². The Morgan fingerprint density at radius 2 is 2.04 bits per heavy atom. The first-order valence-electron chi connectivity index (χ1n) is 8.45. The quantitative estimate of drug-likeness (QED) is 0.797. The fraction of sp³-hybridized carbons (Fsp3) is 0.350. The third-order valence-electron chi connectivity index (χ3n) is 4.31. The van der Waals surface area contributed by atoms with Crippen molar-refractivity contribution >= 4 is 11.6 Å². The summed E-state index contributed by atoms with van der Waals surface area (Å²) in [5.41, 5.74) is 8.30. The number of aryl methyl sites for hydroxylation is 1. The predicted octanol–water partition coefficient (Wildman–Crippen LogP) is 4.03. The van der Waals surface area contributed by atoms with Crippen LogP contribution in [0, 0.1) is 18.7 Å². The summed E-state index contributed by atoms with van der Waals surface area (Å²) in [7, 11) is 0. The summed E-state index contributed by atoms with van der Waals surface area (Å²) < 4.78 is 18.9. The molecule has 134 valence electrons. The van der Waals surface area contributed by atoms with Crippen molar-refractivity contribution < 1.29 is 13.9 Å². The van der Waals surface area contributed by atoms with E-state index >= 15 is 0 Å². The molecule has 0 saturated carbocycles. The number of anilines is 1. The smallest absolute Gasteiger partial charge is 0.241 e. The van der Waals surface area contributed by atoms with Crippen LogP contribution in [0.4, 0.5) is 10.1 Å². The summed E-state index contributed by atoms with van der Waals surface area (Å²) in [6.07, 6.45) is 0.848. The lowest BCUT2D eigenvalue weighted by Gasteiger charge is -2.19. The molecular weight excluding hydrogens is 319 g/mol. The van der Waals surface area contributed by atoms with E-state index in [0.29, 0.717) is 11.4 Å². The number of carbonyl (C=O) groups is 1. The van der Waals surface area contributed by atoms with E-state index in [2.05, 4.69) is 5.32 Å². The number of ether oxygens (including phenoxy) is 1. The molecule has 0 fully saturated rings. The van der Waals surface area contributed by atoms with E-state index in [1.54, 1.807) is 24.3 Å². The molecule has 0 heterocycles. The van der Waals surface area contributed by atoms with Gasteiger partial charge in [-0.05, 0) is 54.3 Å². The topological polar surface area (TPSA) is 64.4 Å². The largest absolute Gasteiger partial charge is 0.489 e. The molecule has 2 unspecified atom stereocenters. The maximum Gasteiger partial charge on any atom is 0.241 e. The zero-order valence-corrected chi connectivity index (χ0v) is 14.9. The van der Waals surface area contributed by atoms with Crippen LogP contribution in [0.3, 0.4) is 0 Å². The average molecular weight is 344 g/mol. The normalized spacial score (nSPS) is 13.2. The lowest BCUT2D eigenvalue weighted by Crippen LogP contribution is -2.40. The summed E-state index contributed by atoms with van der Waals surface area (Å²) in [6.45, 7) is 6.13. The number of halogens is 1. The van der Waals surface area contributed by atoms with E-state index < -0.39 is 6.04 Å². The molecule has 0 aliphatic heterocycles. The summed E-state index contributed by atoms with van der Waals surface area (Å²) in [5, 5.41) is 2.86. The Labute approximate surface area is 148 Å². The van der Waals surface area contributed by atoms with Gasteiger partial charge >= 0.3 is 0 Å². The second kappa shape index (κ2) is 8.62. The summed E-state index contributed by atoms with van der Waals surface area (Å²) >= 11 is 0. The number of carbonyl (C=O) groups excluding carboxylic acids is 1. The first kappa shape index (κ1) is 18.9. The van der Waals surface area contributed by atoms with Gasteiger partial charge in [-0.25, -0.2) is 4.39 Å². The Morgan fingerprint density at radius 3 is 2.68 bits per heavy atom. The SMILES string of the molecule is CCC(C)C(N)C(=O)Nc1ccc(OCc2cccc(F)c2)cc1C. The van der Waals surface area contributed by atoms with Crippen molar-refractivity contribution in [2.24, 2.45) is 11.7 Å². The highest BCUT2D eigenvalue weighted by Gasteiger charge is 2.19. The highest BCUT2D eigenvalue weighted by atomic mass is 19.1. The zero-order chi connectivity index (χ0) is 18.4. The number of hydrogen-bond acceptors (Lipinski definition) is 3. The van der Waals surface area contributed by atoms with Crippen molar-refractivity contribution in [1.82, 2.24) is 0 Å². The molecule has 0 aliphatic rings. The maximum atomic E-state index is 13.2. The van der Waals surface area contributed by atoms with Gasteiger partial charge in [-0.2, -0.15) is 0 Å². The van der Waals surface area contributed by atoms with Crippen LogP contribution in [0.2, 0.25) is 0 Å². The van der Waals surface area contributed by atoms with Gasteiger partial charge in [-0.1, -0.05) is 32.4 Å². The van der Waals surface area contributed by atoms with Crippen LogP contribution in [-0.2, 0) is 11.4 Å². The minimum absolute atomic E-state index is 0.120. The van der Waals surface area contributed by atoms with E-state index in [-0.39, 0.29) is 24.2 Å². The Bertz CT molecular complexity index is 733. The lowest BCUT2D eigenvalue weighted by atomic mass is 9.99. The molecule has 0 saturated heterocycles. The molecule has 25 heavy (non-hydrogen) atoms. The first-order valence-corrected chi connectivity index (χ1v) is 8.45. The molecule has 0 bridgehead atoms. The van der Waals surface area contributed by atoms with Crippen LogP contribution in [0.15, 0.2) is 42.5 Å². The first-order chi connectivity index (χ1) is 11.9. The number of nitrogens with two attached hydrogens (primary N) is 1. The molecule has 4 nitrogen and oxygen atoms in total.